The predicted octanol–water partition coefficient (Wildman–Crippen LogP) is 1.92. The van der Waals surface area contributed by atoms with Gasteiger partial charge in [-0.15, -0.1) is 0 Å². The van der Waals surface area contributed by atoms with Crippen LogP contribution in [0.2, 0.25) is 0 Å². The van der Waals surface area contributed by atoms with Crippen molar-refractivity contribution in [2.45, 2.75) is 46.3 Å². The molecule has 1 aliphatic rings. The summed E-state index contributed by atoms with van der Waals surface area (Å²) in [5, 5.41) is 0. The van der Waals surface area contributed by atoms with Crippen molar-refractivity contribution in [1.29, 1.82) is 0 Å². The highest BCUT2D eigenvalue weighted by molar-refractivity contribution is 5.49. The van der Waals surface area contributed by atoms with Crippen LogP contribution >= 0.6 is 0 Å². The number of rotatable bonds is 5. The molecular formula is C14H25N5O. The minimum atomic E-state index is 0.414. The van der Waals surface area contributed by atoms with Crippen LogP contribution in [0.4, 0.5) is 11.6 Å². The van der Waals surface area contributed by atoms with Crippen molar-refractivity contribution in [3.05, 3.63) is 11.9 Å². The van der Waals surface area contributed by atoms with E-state index in [1.807, 2.05) is 13.0 Å². The van der Waals surface area contributed by atoms with Gasteiger partial charge in [-0.1, -0.05) is 6.92 Å². The first-order valence-electron chi connectivity index (χ1n) is 7.33. The van der Waals surface area contributed by atoms with Crippen molar-refractivity contribution in [3.63, 3.8) is 0 Å². The molecule has 1 aromatic heterocycles. The summed E-state index contributed by atoms with van der Waals surface area (Å²) in [6, 6.07) is 2.39. The smallest absolute Gasteiger partial charge is 0.158 e. The van der Waals surface area contributed by atoms with E-state index in [2.05, 4.69) is 34.1 Å². The summed E-state index contributed by atoms with van der Waals surface area (Å²) < 4.78 is 5.39. The van der Waals surface area contributed by atoms with Gasteiger partial charge in [-0.3, -0.25) is 0 Å². The summed E-state index contributed by atoms with van der Waals surface area (Å²) in [5.41, 5.74) is 2.61. The van der Waals surface area contributed by atoms with Crippen LogP contribution in [0.1, 0.15) is 39.4 Å². The van der Waals surface area contributed by atoms with Crippen LogP contribution in [0.5, 0.6) is 0 Å². The Labute approximate surface area is 120 Å². The van der Waals surface area contributed by atoms with Gasteiger partial charge >= 0.3 is 0 Å². The zero-order valence-corrected chi connectivity index (χ0v) is 12.6. The summed E-state index contributed by atoms with van der Waals surface area (Å²) in [5.74, 6) is 8.52. The van der Waals surface area contributed by atoms with Gasteiger partial charge in [-0.2, -0.15) is 0 Å². The number of hydrogen-bond donors (Lipinski definition) is 2. The maximum atomic E-state index is 5.50. The average Bonchev–Trinajstić information content (AvgIpc) is 2.44. The second-order valence-electron chi connectivity index (χ2n) is 5.48. The van der Waals surface area contributed by atoms with Crippen molar-refractivity contribution < 1.29 is 4.74 Å². The van der Waals surface area contributed by atoms with E-state index in [4.69, 9.17) is 10.6 Å². The topological polar surface area (TPSA) is 76.3 Å². The molecule has 1 fully saturated rings. The molecule has 1 saturated heterocycles. The third kappa shape index (κ3) is 3.58. The predicted molar refractivity (Wildman–Crippen MR) is 80.4 cm³/mol. The van der Waals surface area contributed by atoms with Gasteiger partial charge in [0.25, 0.3) is 0 Å². The number of hydrogen-bond acceptors (Lipinski definition) is 6. The van der Waals surface area contributed by atoms with E-state index in [0.29, 0.717) is 30.9 Å². The van der Waals surface area contributed by atoms with Gasteiger partial charge in [0.1, 0.15) is 18.2 Å². The molecule has 0 spiro atoms. The lowest BCUT2D eigenvalue weighted by atomic mass is 9.93. The van der Waals surface area contributed by atoms with Gasteiger partial charge in [0.15, 0.2) is 5.82 Å². The molecule has 6 nitrogen and oxygen atoms in total. The number of nitrogens with one attached hydrogen (secondary N) is 1. The molecular weight excluding hydrogens is 254 g/mol. The largest absolute Gasteiger partial charge is 0.374 e. The summed E-state index contributed by atoms with van der Waals surface area (Å²) in [7, 11) is 0. The maximum absolute atomic E-state index is 5.50. The second kappa shape index (κ2) is 6.85. The van der Waals surface area contributed by atoms with Crippen LogP contribution in [-0.4, -0.2) is 29.2 Å². The maximum Gasteiger partial charge on any atom is 0.158 e. The first kappa shape index (κ1) is 15.0. The number of piperidine rings is 1. The fourth-order valence-corrected chi connectivity index (χ4v) is 2.71. The average molecular weight is 279 g/mol. The zero-order chi connectivity index (χ0) is 14.5. The lowest BCUT2D eigenvalue weighted by Crippen LogP contribution is -2.41. The van der Waals surface area contributed by atoms with E-state index in [9.17, 15) is 0 Å². The van der Waals surface area contributed by atoms with Gasteiger partial charge in [0.05, 0.1) is 0 Å². The highest BCUT2D eigenvalue weighted by Gasteiger charge is 2.24. The van der Waals surface area contributed by atoms with Crippen molar-refractivity contribution in [3.8, 4) is 0 Å². The summed E-state index contributed by atoms with van der Waals surface area (Å²) in [6.45, 7) is 8.60. The second-order valence-corrected chi connectivity index (χ2v) is 5.48. The molecule has 0 amide bonds. The minimum absolute atomic E-state index is 0.414. The van der Waals surface area contributed by atoms with Gasteiger partial charge in [0, 0.05) is 25.3 Å². The third-order valence-corrected chi connectivity index (χ3v) is 3.77. The standard InChI is InChI=1S/C14H25N5O/c1-4-20-9-13-16-12(18-15)8-14(17-13)19-6-5-10(2)7-11(19)3/h8,10-11H,4-7,9,15H2,1-3H3,(H,16,17,18). The Balaban J connectivity index is 2.21. The molecule has 0 saturated carbocycles. The Morgan fingerprint density at radius 2 is 2.25 bits per heavy atom. The first-order chi connectivity index (χ1) is 9.63. The number of hydrazine groups is 1. The van der Waals surface area contributed by atoms with Crippen molar-refractivity contribution in [2.24, 2.45) is 11.8 Å². The van der Waals surface area contributed by atoms with E-state index in [1.165, 1.54) is 12.8 Å². The van der Waals surface area contributed by atoms with Gasteiger partial charge in [-0.25, -0.2) is 15.8 Å². The van der Waals surface area contributed by atoms with E-state index < -0.39 is 0 Å². The number of ether oxygens (including phenoxy) is 1. The number of nitrogen functional groups attached to an aromatic ring is 1. The summed E-state index contributed by atoms with van der Waals surface area (Å²) in [6.07, 6.45) is 2.39. The number of nitrogens with two attached hydrogens (primary N) is 1. The molecule has 0 bridgehead atoms. The Hall–Kier alpha value is -1.40. The number of aromatic nitrogens is 2. The molecule has 0 radical (unpaired) electrons. The fraction of sp³-hybridized carbons (Fsp3) is 0.714. The Kier molecular flexibility index (Phi) is 5.14. The van der Waals surface area contributed by atoms with Crippen LogP contribution in [0, 0.1) is 5.92 Å². The molecule has 20 heavy (non-hydrogen) atoms. The van der Waals surface area contributed by atoms with Gasteiger partial charge in [-0.05, 0) is 32.6 Å². The number of anilines is 2. The normalized spacial score (nSPS) is 22.9. The Bertz CT molecular complexity index is 440. The van der Waals surface area contributed by atoms with Crippen molar-refractivity contribution in [2.75, 3.05) is 23.5 Å². The molecule has 2 unspecified atom stereocenters. The van der Waals surface area contributed by atoms with E-state index in [-0.39, 0.29) is 0 Å². The molecule has 2 heterocycles. The fourth-order valence-electron chi connectivity index (χ4n) is 2.71. The van der Waals surface area contributed by atoms with Gasteiger partial charge < -0.3 is 15.1 Å². The van der Waals surface area contributed by atoms with E-state index in [0.717, 1.165) is 18.3 Å². The van der Waals surface area contributed by atoms with Crippen LogP contribution in [0.3, 0.4) is 0 Å². The van der Waals surface area contributed by atoms with Crippen LogP contribution < -0.4 is 16.2 Å². The molecule has 1 aliphatic heterocycles. The Morgan fingerprint density at radius 1 is 1.45 bits per heavy atom. The molecule has 6 heteroatoms. The minimum Gasteiger partial charge on any atom is -0.374 e. The zero-order valence-electron chi connectivity index (χ0n) is 12.6. The molecule has 2 rings (SSSR count). The van der Waals surface area contributed by atoms with Crippen LogP contribution in [0.25, 0.3) is 0 Å². The quantitative estimate of drug-likeness (QED) is 0.633. The van der Waals surface area contributed by atoms with Crippen LogP contribution in [-0.2, 0) is 11.3 Å². The number of nitrogens with zero attached hydrogens (tertiary/aromatic N) is 3. The molecule has 2 atom stereocenters. The molecule has 0 aliphatic carbocycles. The van der Waals surface area contributed by atoms with E-state index >= 15 is 0 Å². The van der Waals surface area contributed by atoms with E-state index in [1.54, 1.807) is 0 Å². The molecule has 112 valence electrons. The van der Waals surface area contributed by atoms with Crippen molar-refractivity contribution >= 4 is 11.6 Å². The summed E-state index contributed by atoms with van der Waals surface area (Å²) in [4.78, 5) is 11.3. The molecule has 1 aromatic rings. The first-order valence-corrected chi connectivity index (χ1v) is 7.33. The SMILES string of the molecule is CCOCc1nc(NN)cc(N2CCC(C)CC2C)n1. The van der Waals surface area contributed by atoms with Gasteiger partial charge in [0.2, 0.25) is 0 Å². The lowest BCUT2D eigenvalue weighted by Gasteiger charge is -2.37. The third-order valence-electron chi connectivity index (χ3n) is 3.77. The highest BCUT2D eigenvalue weighted by Crippen LogP contribution is 2.27. The van der Waals surface area contributed by atoms with Crippen LogP contribution in [0.15, 0.2) is 6.07 Å². The summed E-state index contributed by atoms with van der Waals surface area (Å²) >= 11 is 0. The lowest BCUT2D eigenvalue weighted by molar-refractivity contribution is 0.128. The monoisotopic (exact) mass is 279 g/mol. The molecule has 3 N–H and O–H groups in total. The van der Waals surface area contributed by atoms with Crippen molar-refractivity contribution in [1.82, 2.24) is 9.97 Å². The highest BCUT2D eigenvalue weighted by atomic mass is 16.5. The Morgan fingerprint density at radius 3 is 2.90 bits per heavy atom. The molecule has 0 aromatic carbocycles.